The molecule has 0 saturated heterocycles. The fraction of sp³-hybridized carbons (Fsp3) is 0.440. The highest BCUT2D eigenvalue weighted by Crippen LogP contribution is 2.26. The molecule has 0 bridgehead atoms. The molecule has 0 atom stereocenters. The number of hydrogen-bond donors (Lipinski definition) is 1. The Hall–Kier alpha value is -3.02. The third kappa shape index (κ3) is 6.00. The van der Waals surface area contributed by atoms with Gasteiger partial charge in [-0.1, -0.05) is 45.0 Å². The monoisotopic (exact) mass is 423 g/mol. The third-order valence-corrected chi connectivity index (χ3v) is 5.00. The molecule has 0 radical (unpaired) electrons. The van der Waals surface area contributed by atoms with Crippen molar-refractivity contribution in [2.75, 3.05) is 19.8 Å². The molecule has 6 heteroatoms. The van der Waals surface area contributed by atoms with Gasteiger partial charge >= 0.3 is 0 Å². The zero-order valence-electron chi connectivity index (χ0n) is 19.0. The van der Waals surface area contributed by atoms with E-state index in [4.69, 9.17) is 14.5 Å². The molecule has 2 aromatic carbocycles. The van der Waals surface area contributed by atoms with Crippen LogP contribution in [0, 0.1) is 5.41 Å². The van der Waals surface area contributed by atoms with Gasteiger partial charge in [0.2, 0.25) is 5.91 Å². The minimum absolute atomic E-state index is 0.0716. The van der Waals surface area contributed by atoms with Gasteiger partial charge in [-0.05, 0) is 37.6 Å². The smallest absolute Gasteiger partial charge is 0.225 e. The van der Waals surface area contributed by atoms with Crippen LogP contribution < -0.4 is 14.8 Å². The predicted molar refractivity (Wildman–Crippen MR) is 124 cm³/mol. The second-order valence-corrected chi connectivity index (χ2v) is 8.51. The molecule has 0 unspecified atom stereocenters. The van der Waals surface area contributed by atoms with Gasteiger partial charge in [0.25, 0.3) is 0 Å². The van der Waals surface area contributed by atoms with Gasteiger partial charge in [-0.15, -0.1) is 0 Å². The lowest BCUT2D eigenvalue weighted by Crippen LogP contribution is -2.35. The molecular weight excluding hydrogens is 390 g/mol. The highest BCUT2D eigenvalue weighted by molar-refractivity contribution is 5.81. The van der Waals surface area contributed by atoms with Crippen molar-refractivity contribution in [1.82, 2.24) is 14.9 Å². The van der Waals surface area contributed by atoms with Crippen molar-refractivity contribution in [3.63, 3.8) is 0 Å². The number of amides is 1. The van der Waals surface area contributed by atoms with Gasteiger partial charge in [0, 0.05) is 18.4 Å². The molecule has 3 rings (SSSR count). The van der Waals surface area contributed by atoms with E-state index >= 15 is 0 Å². The summed E-state index contributed by atoms with van der Waals surface area (Å²) in [6.07, 6.45) is 1.62. The maximum absolute atomic E-state index is 12.1. The summed E-state index contributed by atoms with van der Waals surface area (Å²) in [5.41, 5.74) is 1.70. The van der Waals surface area contributed by atoms with Crippen LogP contribution in [-0.2, 0) is 17.8 Å². The fourth-order valence-corrected chi connectivity index (χ4v) is 3.37. The van der Waals surface area contributed by atoms with Gasteiger partial charge in [0.05, 0.1) is 24.2 Å². The summed E-state index contributed by atoms with van der Waals surface area (Å²) < 4.78 is 13.9. The number of rotatable bonds is 10. The number of carbonyl (C=O) groups is 1. The van der Waals surface area contributed by atoms with Crippen molar-refractivity contribution >= 4 is 16.9 Å². The molecule has 1 heterocycles. The fourth-order valence-electron chi connectivity index (χ4n) is 3.37. The number of benzene rings is 2. The van der Waals surface area contributed by atoms with Crippen molar-refractivity contribution < 1.29 is 14.3 Å². The Labute approximate surface area is 184 Å². The van der Waals surface area contributed by atoms with Crippen molar-refractivity contribution in [2.24, 2.45) is 5.41 Å². The van der Waals surface area contributed by atoms with Crippen molar-refractivity contribution in [3.8, 4) is 11.5 Å². The Morgan fingerprint density at radius 2 is 1.71 bits per heavy atom. The number of imidazole rings is 1. The largest absolute Gasteiger partial charge is 0.490 e. The summed E-state index contributed by atoms with van der Waals surface area (Å²) in [6.45, 7) is 10.2. The number of carbonyl (C=O) groups excluding carboxylic acids is 1. The summed E-state index contributed by atoms with van der Waals surface area (Å²) in [6, 6.07) is 15.9. The van der Waals surface area contributed by atoms with E-state index in [1.807, 2.05) is 70.2 Å². The van der Waals surface area contributed by atoms with Crippen LogP contribution in [0.2, 0.25) is 0 Å². The van der Waals surface area contributed by atoms with Crippen molar-refractivity contribution in [2.45, 2.75) is 47.1 Å². The van der Waals surface area contributed by atoms with E-state index in [1.165, 1.54) is 0 Å². The normalized spacial score (nSPS) is 11.5. The summed E-state index contributed by atoms with van der Waals surface area (Å²) in [5.74, 6) is 2.59. The average molecular weight is 424 g/mol. The van der Waals surface area contributed by atoms with Crippen LogP contribution in [0.25, 0.3) is 11.0 Å². The average Bonchev–Trinajstić information content (AvgIpc) is 3.09. The standard InChI is InChI=1S/C25H33N3O3/c1-5-30-21-13-8-9-14-22(21)31-18-17-28-20-12-7-6-11-19(20)27-23(28)15-10-16-26-24(29)25(2,3)4/h6-9,11-14H,5,10,15-18H2,1-4H3,(H,26,29). The lowest BCUT2D eigenvalue weighted by atomic mass is 9.96. The van der Waals surface area contributed by atoms with Crippen LogP contribution in [0.3, 0.4) is 0 Å². The lowest BCUT2D eigenvalue weighted by molar-refractivity contribution is -0.128. The second-order valence-electron chi connectivity index (χ2n) is 8.51. The topological polar surface area (TPSA) is 65.4 Å². The molecule has 3 aromatic rings. The molecule has 1 amide bonds. The van der Waals surface area contributed by atoms with E-state index in [1.54, 1.807) is 0 Å². The molecule has 166 valence electrons. The van der Waals surface area contributed by atoms with E-state index in [0.29, 0.717) is 26.3 Å². The number of aromatic nitrogens is 2. The molecule has 0 aliphatic heterocycles. The maximum Gasteiger partial charge on any atom is 0.225 e. The highest BCUT2D eigenvalue weighted by Gasteiger charge is 2.20. The van der Waals surface area contributed by atoms with Crippen LogP contribution in [0.1, 0.15) is 39.9 Å². The molecule has 0 saturated carbocycles. The zero-order valence-corrected chi connectivity index (χ0v) is 19.0. The first-order chi connectivity index (χ1) is 14.9. The van der Waals surface area contributed by atoms with E-state index in [2.05, 4.69) is 16.0 Å². The van der Waals surface area contributed by atoms with Gasteiger partial charge in [-0.25, -0.2) is 4.98 Å². The SMILES string of the molecule is CCOc1ccccc1OCCn1c(CCCNC(=O)C(C)(C)C)nc2ccccc21. The van der Waals surface area contributed by atoms with Gasteiger partial charge < -0.3 is 19.4 Å². The number of fused-ring (bicyclic) bond motifs is 1. The van der Waals surface area contributed by atoms with E-state index < -0.39 is 0 Å². The summed E-state index contributed by atoms with van der Waals surface area (Å²) in [4.78, 5) is 16.9. The van der Waals surface area contributed by atoms with Gasteiger partial charge in [-0.3, -0.25) is 4.79 Å². The Morgan fingerprint density at radius 3 is 2.42 bits per heavy atom. The highest BCUT2D eigenvalue weighted by atomic mass is 16.5. The van der Waals surface area contributed by atoms with Crippen molar-refractivity contribution in [3.05, 3.63) is 54.4 Å². The van der Waals surface area contributed by atoms with Crippen LogP contribution >= 0.6 is 0 Å². The van der Waals surface area contributed by atoms with Crippen LogP contribution in [0.15, 0.2) is 48.5 Å². The first-order valence-corrected chi connectivity index (χ1v) is 11.0. The van der Waals surface area contributed by atoms with E-state index in [0.717, 1.165) is 41.2 Å². The molecule has 1 N–H and O–H groups in total. The molecule has 0 aliphatic rings. The lowest BCUT2D eigenvalue weighted by Gasteiger charge is -2.17. The number of aryl methyl sites for hydroxylation is 1. The molecule has 31 heavy (non-hydrogen) atoms. The number of para-hydroxylation sites is 4. The third-order valence-electron chi connectivity index (χ3n) is 5.00. The van der Waals surface area contributed by atoms with E-state index in [-0.39, 0.29) is 11.3 Å². The second kappa shape index (κ2) is 10.3. The minimum Gasteiger partial charge on any atom is -0.490 e. The number of hydrogen-bond acceptors (Lipinski definition) is 4. The van der Waals surface area contributed by atoms with Crippen LogP contribution in [0.5, 0.6) is 11.5 Å². The first-order valence-electron chi connectivity index (χ1n) is 11.0. The molecule has 1 aromatic heterocycles. The maximum atomic E-state index is 12.1. The number of ether oxygens (including phenoxy) is 2. The molecule has 0 aliphatic carbocycles. The quantitative estimate of drug-likeness (QED) is 0.484. The Bertz CT molecular complexity index is 1000. The summed E-state index contributed by atoms with van der Waals surface area (Å²) in [7, 11) is 0. The first kappa shape index (κ1) is 22.7. The van der Waals surface area contributed by atoms with Gasteiger partial charge in [0.1, 0.15) is 12.4 Å². The predicted octanol–water partition coefficient (Wildman–Crippen LogP) is 4.61. The zero-order chi connectivity index (χ0) is 22.3. The van der Waals surface area contributed by atoms with Crippen LogP contribution in [0.4, 0.5) is 0 Å². The molecule has 0 spiro atoms. The van der Waals surface area contributed by atoms with Crippen molar-refractivity contribution in [1.29, 1.82) is 0 Å². The Balaban J connectivity index is 1.65. The molecule has 0 fully saturated rings. The van der Waals surface area contributed by atoms with E-state index in [9.17, 15) is 4.79 Å². The summed E-state index contributed by atoms with van der Waals surface area (Å²) >= 11 is 0. The van der Waals surface area contributed by atoms with Gasteiger partial charge in [-0.2, -0.15) is 0 Å². The molecular formula is C25H33N3O3. The summed E-state index contributed by atoms with van der Waals surface area (Å²) in [5, 5.41) is 3.01. The number of nitrogens with one attached hydrogen (secondary N) is 1. The Kier molecular flexibility index (Phi) is 7.55. The molecule has 6 nitrogen and oxygen atoms in total. The van der Waals surface area contributed by atoms with Crippen LogP contribution in [-0.4, -0.2) is 35.2 Å². The number of nitrogens with zero attached hydrogens (tertiary/aromatic N) is 2. The minimum atomic E-state index is -0.373. The Morgan fingerprint density at radius 1 is 1.03 bits per heavy atom. The van der Waals surface area contributed by atoms with Gasteiger partial charge in [0.15, 0.2) is 11.5 Å².